The first-order chi connectivity index (χ1) is 9.85. The average Bonchev–Trinajstić information content (AvgIpc) is 2.43. The molecule has 1 aromatic carbocycles. The number of nitrogens with zero attached hydrogens (tertiary/aromatic N) is 1. The van der Waals surface area contributed by atoms with E-state index >= 15 is 0 Å². The number of hydrogen-bond donors (Lipinski definition) is 2. The highest BCUT2D eigenvalue weighted by Gasteiger charge is 2.22. The predicted octanol–water partition coefficient (Wildman–Crippen LogP) is 3.44. The van der Waals surface area contributed by atoms with Gasteiger partial charge in [0.1, 0.15) is 4.90 Å². The molecule has 0 aliphatic heterocycles. The van der Waals surface area contributed by atoms with Crippen molar-refractivity contribution in [1.29, 1.82) is 0 Å². The summed E-state index contributed by atoms with van der Waals surface area (Å²) in [6, 6.07) is 5.91. The van der Waals surface area contributed by atoms with Crippen LogP contribution < -0.4 is 4.72 Å². The van der Waals surface area contributed by atoms with Crippen molar-refractivity contribution in [3.05, 3.63) is 50.5 Å². The van der Waals surface area contributed by atoms with E-state index in [4.69, 9.17) is 23.2 Å². The number of halogens is 3. The smallest absolute Gasteiger partial charge is 0.264 e. The number of aliphatic hydroxyl groups excluding tert-OH is 1. The number of rotatable bonds is 4. The van der Waals surface area contributed by atoms with E-state index in [2.05, 4.69) is 25.6 Å². The molecule has 9 heteroatoms. The van der Waals surface area contributed by atoms with E-state index in [0.717, 1.165) is 0 Å². The Bertz CT molecular complexity index is 784. The molecule has 0 saturated heterocycles. The summed E-state index contributed by atoms with van der Waals surface area (Å²) in [5.41, 5.74) is 0.227. The minimum atomic E-state index is -3.99. The molecule has 0 fully saturated rings. The number of nitrogens with one attached hydrogen (secondary N) is 1. The molecule has 0 aliphatic rings. The molecule has 1 heterocycles. The molecule has 21 heavy (non-hydrogen) atoms. The number of sulfonamides is 1. The summed E-state index contributed by atoms with van der Waals surface area (Å²) < 4.78 is 27.6. The van der Waals surface area contributed by atoms with E-state index in [1.807, 2.05) is 0 Å². The highest BCUT2D eigenvalue weighted by atomic mass is 79.9. The Labute approximate surface area is 140 Å². The minimum Gasteiger partial charge on any atom is -0.392 e. The second kappa shape index (κ2) is 6.50. The van der Waals surface area contributed by atoms with Crippen LogP contribution in [0.4, 0.5) is 5.82 Å². The zero-order chi connectivity index (χ0) is 15.6. The summed E-state index contributed by atoms with van der Waals surface area (Å²) in [6.45, 7) is -0.421. The van der Waals surface area contributed by atoms with Gasteiger partial charge in [0.15, 0.2) is 5.82 Å². The average molecular weight is 412 g/mol. The molecule has 0 radical (unpaired) electrons. The van der Waals surface area contributed by atoms with E-state index in [1.165, 1.54) is 18.3 Å². The second-order valence-electron chi connectivity index (χ2n) is 3.97. The van der Waals surface area contributed by atoms with E-state index in [1.54, 1.807) is 12.1 Å². The molecule has 5 nitrogen and oxygen atoms in total. The topological polar surface area (TPSA) is 79.3 Å². The Balaban J connectivity index is 2.50. The Hall–Kier alpha value is -0.860. The summed E-state index contributed by atoms with van der Waals surface area (Å²) >= 11 is 15.0. The largest absolute Gasteiger partial charge is 0.392 e. The summed E-state index contributed by atoms with van der Waals surface area (Å²) in [5, 5.41) is 9.26. The normalized spacial score (nSPS) is 11.4. The highest BCUT2D eigenvalue weighted by Crippen LogP contribution is 2.31. The molecule has 1 aromatic heterocycles. The fourth-order valence-electron chi connectivity index (χ4n) is 1.57. The molecule has 0 spiro atoms. The molecule has 2 aromatic rings. The summed E-state index contributed by atoms with van der Waals surface area (Å²) in [6.07, 6.45) is 1.45. The van der Waals surface area contributed by atoms with Crippen molar-refractivity contribution in [3.63, 3.8) is 0 Å². The van der Waals surface area contributed by atoms with Crippen LogP contribution in [0.3, 0.4) is 0 Å². The molecule has 0 amide bonds. The fourth-order valence-corrected chi connectivity index (χ4v) is 4.01. The number of hydrogen-bond acceptors (Lipinski definition) is 4. The predicted molar refractivity (Wildman–Crippen MR) is 85.1 cm³/mol. The highest BCUT2D eigenvalue weighted by molar-refractivity contribution is 9.10. The first-order valence-electron chi connectivity index (χ1n) is 5.57. The molecule has 0 atom stereocenters. The molecular weight excluding hydrogens is 403 g/mol. The number of pyridine rings is 1. The summed E-state index contributed by atoms with van der Waals surface area (Å²) in [4.78, 5) is 3.70. The lowest BCUT2D eigenvalue weighted by atomic mass is 10.2. The first-order valence-corrected chi connectivity index (χ1v) is 8.60. The molecule has 0 aliphatic carbocycles. The van der Waals surface area contributed by atoms with Crippen molar-refractivity contribution in [2.75, 3.05) is 4.72 Å². The summed E-state index contributed by atoms with van der Waals surface area (Å²) in [7, 11) is -3.99. The maximum Gasteiger partial charge on any atom is 0.264 e. The van der Waals surface area contributed by atoms with Crippen LogP contribution in [0.5, 0.6) is 0 Å². The van der Waals surface area contributed by atoms with E-state index < -0.39 is 16.6 Å². The van der Waals surface area contributed by atoms with Gasteiger partial charge < -0.3 is 5.11 Å². The number of aliphatic hydroxyl groups is 1. The van der Waals surface area contributed by atoms with Crippen molar-refractivity contribution >= 4 is 55.0 Å². The molecule has 0 bridgehead atoms. The molecule has 112 valence electrons. The van der Waals surface area contributed by atoms with Crippen LogP contribution in [0.2, 0.25) is 10.0 Å². The Morgan fingerprint density at radius 2 is 2.05 bits per heavy atom. The monoisotopic (exact) mass is 410 g/mol. The molecule has 2 rings (SSSR count). The van der Waals surface area contributed by atoms with Gasteiger partial charge in [-0.2, -0.15) is 0 Å². The van der Waals surface area contributed by atoms with Crippen LogP contribution in [0.15, 0.2) is 39.8 Å². The maximum atomic E-state index is 12.4. The van der Waals surface area contributed by atoms with Crippen molar-refractivity contribution < 1.29 is 13.5 Å². The van der Waals surface area contributed by atoms with Gasteiger partial charge in [-0.05, 0) is 45.8 Å². The number of anilines is 1. The SMILES string of the molecule is O=S(=O)(Nc1ncccc1Br)c1cc(Cl)cc(CO)c1Cl. The quantitative estimate of drug-likeness (QED) is 0.807. The molecule has 0 saturated carbocycles. The van der Waals surface area contributed by atoms with Crippen molar-refractivity contribution in [1.82, 2.24) is 4.98 Å². The van der Waals surface area contributed by atoms with Gasteiger partial charge in [0.2, 0.25) is 0 Å². The van der Waals surface area contributed by atoms with Crippen LogP contribution in [-0.2, 0) is 16.6 Å². The molecule has 0 unspecified atom stereocenters. The Kier molecular flexibility index (Phi) is 5.11. The zero-order valence-corrected chi connectivity index (χ0v) is 14.3. The Morgan fingerprint density at radius 3 is 2.67 bits per heavy atom. The lowest BCUT2D eigenvalue weighted by Crippen LogP contribution is -2.15. The second-order valence-corrected chi connectivity index (χ2v) is 7.29. The standard InChI is InChI=1S/C12H9BrCl2N2O3S/c13-9-2-1-3-16-12(9)17-21(19,20)10-5-8(14)4-7(6-18)11(10)15/h1-5,18H,6H2,(H,16,17). The van der Waals surface area contributed by atoms with Gasteiger partial charge >= 0.3 is 0 Å². The van der Waals surface area contributed by atoms with Gasteiger partial charge in [-0.3, -0.25) is 4.72 Å². The molecule has 2 N–H and O–H groups in total. The lowest BCUT2D eigenvalue weighted by molar-refractivity contribution is 0.281. The maximum absolute atomic E-state index is 12.4. The van der Waals surface area contributed by atoms with Crippen LogP contribution >= 0.6 is 39.1 Å². The molecular formula is C12H9BrCl2N2O3S. The zero-order valence-electron chi connectivity index (χ0n) is 10.3. The van der Waals surface area contributed by atoms with Gasteiger partial charge in [0.05, 0.1) is 16.1 Å². The van der Waals surface area contributed by atoms with Gasteiger partial charge in [-0.25, -0.2) is 13.4 Å². The number of benzene rings is 1. The van der Waals surface area contributed by atoms with Gasteiger partial charge in [-0.15, -0.1) is 0 Å². The van der Waals surface area contributed by atoms with E-state index in [0.29, 0.717) is 4.47 Å². The van der Waals surface area contributed by atoms with E-state index in [-0.39, 0.29) is 26.3 Å². The number of aromatic nitrogens is 1. The first kappa shape index (κ1) is 16.5. The van der Waals surface area contributed by atoms with Crippen molar-refractivity contribution in [3.8, 4) is 0 Å². The van der Waals surface area contributed by atoms with Gasteiger partial charge in [0, 0.05) is 11.2 Å². The summed E-state index contributed by atoms with van der Waals surface area (Å²) in [5.74, 6) is 0.124. The van der Waals surface area contributed by atoms with Gasteiger partial charge in [-0.1, -0.05) is 23.2 Å². The third-order valence-electron chi connectivity index (χ3n) is 2.53. The van der Waals surface area contributed by atoms with Crippen LogP contribution in [0, 0.1) is 0 Å². The van der Waals surface area contributed by atoms with Crippen molar-refractivity contribution in [2.24, 2.45) is 0 Å². The third kappa shape index (κ3) is 3.67. The van der Waals surface area contributed by atoms with Crippen LogP contribution in [0.25, 0.3) is 0 Å². The van der Waals surface area contributed by atoms with Crippen molar-refractivity contribution in [2.45, 2.75) is 11.5 Å². The van der Waals surface area contributed by atoms with Crippen LogP contribution in [-0.4, -0.2) is 18.5 Å². The van der Waals surface area contributed by atoms with Gasteiger partial charge in [0.25, 0.3) is 10.0 Å². The fraction of sp³-hybridized carbons (Fsp3) is 0.0833. The lowest BCUT2D eigenvalue weighted by Gasteiger charge is -2.12. The Morgan fingerprint density at radius 1 is 1.33 bits per heavy atom. The van der Waals surface area contributed by atoms with E-state index in [9.17, 15) is 13.5 Å². The van der Waals surface area contributed by atoms with Crippen LogP contribution in [0.1, 0.15) is 5.56 Å². The third-order valence-corrected chi connectivity index (χ3v) is 5.31. The minimum absolute atomic E-state index is 0.0820.